The summed E-state index contributed by atoms with van der Waals surface area (Å²) in [6, 6.07) is 8.66. The first-order chi connectivity index (χ1) is 18.8. The van der Waals surface area contributed by atoms with E-state index in [1.165, 1.54) is 29.2 Å². The first-order valence-corrected chi connectivity index (χ1v) is 12.2. The first-order valence-electron chi connectivity index (χ1n) is 12.2. The number of aromatic nitrogens is 7. The second-order valence-electron chi connectivity index (χ2n) is 9.42. The lowest BCUT2D eigenvalue weighted by molar-refractivity contribution is -0.137. The minimum atomic E-state index is -4.43. The minimum Gasteiger partial charge on any atom is -0.357 e. The number of benzene rings is 1. The Morgan fingerprint density at radius 3 is 2.41 bits per heavy atom. The third-order valence-corrected chi connectivity index (χ3v) is 7.04. The van der Waals surface area contributed by atoms with Crippen LogP contribution in [-0.4, -0.2) is 47.8 Å². The smallest absolute Gasteiger partial charge is 0.357 e. The van der Waals surface area contributed by atoms with Crippen LogP contribution >= 0.6 is 0 Å². The number of hydrogen-bond donors (Lipinski definition) is 0. The fourth-order valence-corrected chi connectivity index (χ4v) is 4.99. The molecule has 1 fully saturated rings. The van der Waals surface area contributed by atoms with E-state index in [2.05, 4.69) is 25.5 Å². The standard InChI is InChI=1S/C26H21F5N8/c27-21-10-18(16-3-6-37(7-4-16)24-2-1-19(13-33-24)26(29,30)31)12-32-23(21)14-38-8-5-17-9-20(11-22(28)25(17)38)39-15-34-35-36-39/h1-2,5,8-13,15-16H,3-4,6-7,14H2. The monoisotopic (exact) mass is 540 g/mol. The number of tetrazole rings is 1. The molecule has 200 valence electrons. The Kier molecular flexibility index (Phi) is 6.20. The van der Waals surface area contributed by atoms with E-state index in [-0.39, 0.29) is 18.2 Å². The van der Waals surface area contributed by atoms with Gasteiger partial charge >= 0.3 is 6.18 Å². The lowest BCUT2D eigenvalue weighted by Gasteiger charge is -2.33. The van der Waals surface area contributed by atoms with E-state index in [1.807, 2.05) is 4.90 Å². The Morgan fingerprint density at radius 1 is 0.923 bits per heavy atom. The number of nitrogens with zero attached hydrogens (tertiary/aromatic N) is 8. The zero-order chi connectivity index (χ0) is 27.1. The highest BCUT2D eigenvalue weighted by Crippen LogP contribution is 2.33. The molecule has 39 heavy (non-hydrogen) atoms. The molecule has 13 heteroatoms. The van der Waals surface area contributed by atoms with E-state index < -0.39 is 23.4 Å². The van der Waals surface area contributed by atoms with Gasteiger partial charge in [-0.2, -0.15) is 13.2 Å². The topological polar surface area (TPSA) is 77.5 Å². The summed E-state index contributed by atoms with van der Waals surface area (Å²) in [5.41, 5.74) is 0.947. The molecule has 0 bridgehead atoms. The molecule has 0 amide bonds. The Labute approximate surface area is 218 Å². The molecule has 0 unspecified atom stereocenters. The van der Waals surface area contributed by atoms with Gasteiger partial charge in [0, 0.05) is 43.1 Å². The predicted molar refractivity (Wildman–Crippen MR) is 131 cm³/mol. The Hall–Kier alpha value is -4.42. The number of halogens is 5. The summed E-state index contributed by atoms with van der Waals surface area (Å²) >= 11 is 0. The van der Waals surface area contributed by atoms with Crippen LogP contribution in [0.25, 0.3) is 16.6 Å². The van der Waals surface area contributed by atoms with E-state index in [4.69, 9.17) is 0 Å². The molecule has 0 saturated carbocycles. The van der Waals surface area contributed by atoms with E-state index in [9.17, 15) is 17.6 Å². The summed E-state index contributed by atoms with van der Waals surface area (Å²) in [4.78, 5) is 10.2. The molecule has 1 aliphatic heterocycles. The quantitative estimate of drug-likeness (QED) is 0.288. The van der Waals surface area contributed by atoms with E-state index >= 15 is 4.39 Å². The van der Waals surface area contributed by atoms with Crippen molar-refractivity contribution in [3.63, 3.8) is 0 Å². The maximum atomic E-state index is 15.1. The maximum Gasteiger partial charge on any atom is 0.417 e. The molecule has 5 heterocycles. The molecule has 0 spiro atoms. The summed E-state index contributed by atoms with van der Waals surface area (Å²) in [6.07, 6.45) is 2.47. The van der Waals surface area contributed by atoms with Crippen molar-refractivity contribution in [3.05, 3.63) is 89.8 Å². The van der Waals surface area contributed by atoms with Crippen LogP contribution < -0.4 is 4.90 Å². The molecule has 1 aliphatic rings. The largest absolute Gasteiger partial charge is 0.417 e. The van der Waals surface area contributed by atoms with Gasteiger partial charge in [0.2, 0.25) is 0 Å². The molecule has 0 N–H and O–H groups in total. The average molecular weight is 541 g/mol. The fraction of sp³-hybridized carbons (Fsp3) is 0.269. The van der Waals surface area contributed by atoms with Gasteiger partial charge in [0.1, 0.15) is 23.8 Å². The van der Waals surface area contributed by atoms with Crippen molar-refractivity contribution >= 4 is 16.7 Å². The van der Waals surface area contributed by atoms with Crippen LogP contribution in [0, 0.1) is 11.6 Å². The van der Waals surface area contributed by atoms with E-state index in [0.29, 0.717) is 48.3 Å². The van der Waals surface area contributed by atoms with Crippen LogP contribution in [0.3, 0.4) is 0 Å². The number of fused-ring (bicyclic) bond motifs is 1. The van der Waals surface area contributed by atoms with Crippen molar-refractivity contribution in [2.75, 3.05) is 18.0 Å². The van der Waals surface area contributed by atoms with Gasteiger partial charge in [0.15, 0.2) is 0 Å². The van der Waals surface area contributed by atoms with Gasteiger partial charge in [-0.3, -0.25) is 4.98 Å². The van der Waals surface area contributed by atoms with Crippen LogP contribution in [0.4, 0.5) is 27.8 Å². The molecule has 6 rings (SSSR count). The van der Waals surface area contributed by atoms with Crippen LogP contribution in [0.15, 0.2) is 61.3 Å². The van der Waals surface area contributed by atoms with Crippen molar-refractivity contribution in [2.24, 2.45) is 0 Å². The van der Waals surface area contributed by atoms with Crippen LogP contribution in [0.1, 0.15) is 35.6 Å². The Balaban J connectivity index is 1.14. The average Bonchev–Trinajstić information content (AvgIpc) is 3.60. The second-order valence-corrected chi connectivity index (χ2v) is 9.42. The van der Waals surface area contributed by atoms with Crippen LogP contribution in [-0.2, 0) is 12.7 Å². The second kappa shape index (κ2) is 9.71. The SMILES string of the molecule is Fc1cc(C2CCN(c3ccc(C(F)(F)F)cn3)CC2)cnc1Cn1ccc2cc(-n3cnnn3)cc(F)c21. The maximum absolute atomic E-state index is 15.1. The third kappa shape index (κ3) is 4.91. The van der Waals surface area contributed by atoms with Gasteiger partial charge in [-0.05, 0) is 65.1 Å². The number of alkyl halides is 3. The van der Waals surface area contributed by atoms with Crippen LogP contribution in [0.2, 0.25) is 0 Å². The lowest BCUT2D eigenvalue weighted by Crippen LogP contribution is -2.33. The number of pyridine rings is 2. The highest BCUT2D eigenvalue weighted by atomic mass is 19.4. The predicted octanol–water partition coefficient (Wildman–Crippen LogP) is 5.14. The molecule has 4 aromatic heterocycles. The van der Waals surface area contributed by atoms with E-state index in [1.54, 1.807) is 29.1 Å². The van der Waals surface area contributed by atoms with Crippen molar-refractivity contribution in [1.29, 1.82) is 0 Å². The summed E-state index contributed by atoms with van der Waals surface area (Å²) in [5, 5.41) is 11.5. The van der Waals surface area contributed by atoms with Crippen molar-refractivity contribution in [3.8, 4) is 5.69 Å². The highest BCUT2D eigenvalue weighted by Gasteiger charge is 2.31. The molecule has 5 aromatic rings. The van der Waals surface area contributed by atoms with Gasteiger partial charge in [0.25, 0.3) is 0 Å². The molecule has 0 atom stereocenters. The minimum absolute atomic E-state index is 0.0504. The van der Waals surface area contributed by atoms with Gasteiger partial charge in [-0.15, -0.1) is 5.10 Å². The summed E-state index contributed by atoms with van der Waals surface area (Å²) in [7, 11) is 0. The normalized spacial score (nSPS) is 14.8. The summed E-state index contributed by atoms with van der Waals surface area (Å²) in [6.45, 7) is 1.20. The molecule has 8 nitrogen and oxygen atoms in total. The molecule has 0 radical (unpaired) electrons. The van der Waals surface area contributed by atoms with Gasteiger partial charge in [-0.25, -0.2) is 18.4 Å². The molecule has 1 aromatic carbocycles. The Morgan fingerprint density at radius 2 is 1.74 bits per heavy atom. The molecule has 0 aliphatic carbocycles. The zero-order valence-electron chi connectivity index (χ0n) is 20.4. The number of hydrogen-bond acceptors (Lipinski definition) is 6. The molecule has 1 saturated heterocycles. The zero-order valence-corrected chi connectivity index (χ0v) is 20.4. The summed E-state index contributed by atoms with van der Waals surface area (Å²) < 4.78 is 71.5. The van der Waals surface area contributed by atoms with E-state index in [0.717, 1.165) is 17.8 Å². The lowest BCUT2D eigenvalue weighted by atomic mass is 9.90. The third-order valence-electron chi connectivity index (χ3n) is 7.04. The number of anilines is 1. The summed E-state index contributed by atoms with van der Waals surface area (Å²) in [5.74, 6) is -0.431. The van der Waals surface area contributed by atoms with Crippen molar-refractivity contribution in [1.82, 2.24) is 34.7 Å². The highest BCUT2D eigenvalue weighted by molar-refractivity contribution is 5.83. The van der Waals surface area contributed by atoms with Gasteiger partial charge in [0.05, 0.1) is 29.0 Å². The van der Waals surface area contributed by atoms with Crippen LogP contribution in [0.5, 0.6) is 0 Å². The van der Waals surface area contributed by atoms with Gasteiger partial charge in [-0.1, -0.05) is 0 Å². The van der Waals surface area contributed by atoms with Crippen molar-refractivity contribution in [2.45, 2.75) is 31.5 Å². The number of rotatable bonds is 5. The van der Waals surface area contributed by atoms with Crippen molar-refractivity contribution < 1.29 is 22.0 Å². The fourth-order valence-electron chi connectivity index (χ4n) is 4.99. The first kappa shape index (κ1) is 24.9. The molecular formula is C26H21F5N8. The Bertz CT molecular complexity index is 1600. The molecular weight excluding hydrogens is 519 g/mol. The number of piperidine rings is 1. The van der Waals surface area contributed by atoms with Gasteiger partial charge < -0.3 is 9.47 Å².